The molecular formula is C50H94N2O4. The summed E-state index contributed by atoms with van der Waals surface area (Å²) >= 11 is 0. The quantitative estimate of drug-likeness (QED) is 0.0480. The Morgan fingerprint density at radius 2 is 0.875 bits per heavy atom. The Kier molecular flexibility index (Phi) is 40.8. The van der Waals surface area contributed by atoms with Gasteiger partial charge in [0.25, 0.3) is 0 Å². The van der Waals surface area contributed by atoms with Crippen LogP contribution >= 0.6 is 0 Å². The van der Waals surface area contributed by atoms with Gasteiger partial charge in [-0.05, 0) is 129 Å². The molecule has 2 heterocycles. The topological polar surface area (TPSA) is 65.4 Å². The van der Waals surface area contributed by atoms with E-state index in [1.807, 2.05) is 0 Å². The number of β-amino-alcohol motifs (C(OH)–C–C–N with tert-alkyl or cyclic N) is 1. The summed E-state index contributed by atoms with van der Waals surface area (Å²) in [5.41, 5.74) is 0. The van der Waals surface area contributed by atoms with Gasteiger partial charge in [0.1, 0.15) is 0 Å². The summed E-state index contributed by atoms with van der Waals surface area (Å²) in [6.45, 7) is 13.3. The molecule has 56 heavy (non-hydrogen) atoms. The molecule has 0 aromatic heterocycles. The third-order valence-corrected chi connectivity index (χ3v) is 11.0. The van der Waals surface area contributed by atoms with Crippen LogP contribution < -0.4 is 0 Å². The highest BCUT2D eigenvalue weighted by molar-refractivity contribution is 4.93. The van der Waals surface area contributed by atoms with E-state index >= 15 is 0 Å². The standard InChI is InChI=1S/C43H79NO2.C7H15NO2/c1-3-5-7-9-11-13-15-17-19-21-23-25-27-29-31-35-39-45-42-43(41-44-37-33-34-38-44)46-40-36-32-30-28-26-24-22-20-18-16-14-12-10-8-6-4-2;9-6-7(10)5-8-3-1-2-4-8/h11-14,17-20,43H,3-10,15-16,21-42H2,1-2H3;7,9-10H,1-6H2/b13-11-,14-12-,19-17-,20-18-;. The zero-order valence-electron chi connectivity index (χ0n) is 37.2. The molecular weight excluding hydrogens is 693 g/mol. The van der Waals surface area contributed by atoms with E-state index in [1.54, 1.807) is 0 Å². The van der Waals surface area contributed by atoms with Gasteiger partial charge in [-0.15, -0.1) is 0 Å². The highest BCUT2D eigenvalue weighted by Gasteiger charge is 2.18. The van der Waals surface area contributed by atoms with Crippen LogP contribution in [0.1, 0.15) is 194 Å². The Bertz CT molecular complexity index is 893. The summed E-state index contributed by atoms with van der Waals surface area (Å²) in [4.78, 5) is 4.76. The Morgan fingerprint density at radius 3 is 1.32 bits per heavy atom. The summed E-state index contributed by atoms with van der Waals surface area (Å²) in [5.74, 6) is 0. The highest BCUT2D eigenvalue weighted by atomic mass is 16.5. The van der Waals surface area contributed by atoms with Gasteiger partial charge in [0.2, 0.25) is 0 Å². The second-order valence-electron chi connectivity index (χ2n) is 16.6. The van der Waals surface area contributed by atoms with Crippen molar-refractivity contribution in [2.45, 2.75) is 206 Å². The summed E-state index contributed by atoms with van der Waals surface area (Å²) in [6.07, 6.45) is 54.6. The van der Waals surface area contributed by atoms with E-state index in [0.717, 1.165) is 52.3 Å². The average Bonchev–Trinajstić information content (AvgIpc) is 3.93. The minimum atomic E-state index is -0.543. The maximum absolute atomic E-state index is 9.03. The molecule has 0 amide bonds. The van der Waals surface area contributed by atoms with E-state index in [-0.39, 0.29) is 12.7 Å². The third-order valence-electron chi connectivity index (χ3n) is 11.0. The number of aliphatic hydroxyl groups is 2. The minimum Gasteiger partial charge on any atom is -0.394 e. The largest absolute Gasteiger partial charge is 0.394 e. The zero-order chi connectivity index (χ0) is 40.3. The number of hydrogen-bond donors (Lipinski definition) is 2. The zero-order valence-corrected chi connectivity index (χ0v) is 37.2. The van der Waals surface area contributed by atoms with Crippen molar-refractivity contribution in [3.8, 4) is 0 Å². The molecule has 0 spiro atoms. The molecule has 6 nitrogen and oxygen atoms in total. The first-order chi connectivity index (χ1) is 27.7. The molecule has 2 aliphatic rings. The predicted molar refractivity (Wildman–Crippen MR) is 244 cm³/mol. The highest BCUT2D eigenvalue weighted by Crippen LogP contribution is 2.13. The Labute approximate surface area is 348 Å². The van der Waals surface area contributed by atoms with Crippen molar-refractivity contribution in [2.75, 3.05) is 65.7 Å². The van der Waals surface area contributed by atoms with Crippen LogP contribution in [-0.2, 0) is 9.47 Å². The Hall–Kier alpha value is -1.28. The number of hydrogen-bond acceptors (Lipinski definition) is 6. The van der Waals surface area contributed by atoms with Crippen LogP contribution in [0.2, 0.25) is 0 Å². The first-order valence-corrected chi connectivity index (χ1v) is 24.2. The number of ether oxygens (including phenoxy) is 2. The van der Waals surface area contributed by atoms with E-state index in [1.165, 1.54) is 180 Å². The van der Waals surface area contributed by atoms with Gasteiger partial charge < -0.3 is 29.5 Å². The van der Waals surface area contributed by atoms with E-state index in [4.69, 9.17) is 19.7 Å². The van der Waals surface area contributed by atoms with Crippen LogP contribution in [0.5, 0.6) is 0 Å². The second-order valence-corrected chi connectivity index (χ2v) is 16.6. The molecule has 2 atom stereocenters. The Morgan fingerprint density at radius 1 is 0.482 bits per heavy atom. The Balaban J connectivity index is 0.00000135. The summed E-state index contributed by atoms with van der Waals surface area (Å²) in [7, 11) is 0. The van der Waals surface area contributed by atoms with Gasteiger partial charge >= 0.3 is 0 Å². The lowest BCUT2D eigenvalue weighted by molar-refractivity contribution is -0.0316. The normalized spacial score (nSPS) is 16.6. The van der Waals surface area contributed by atoms with Gasteiger partial charge in [-0.3, -0.25) is 0 Å². The SMILES string of the molecule is CCCCC/C=C\C/C=C\CCCCCCCCOCC(CN1CCCC1)OCCCCCCCC/C=C\C/C=C\CCCCC.OCC(O)CN1CCCC1. The lowest BCUT2D eigenvalue weighted by atomic mass is 10.1. The smallest absolute Gasteiger partial charge is 0.0934 e. The molecule has 328 valence electrons. The maximum Gasteiger partial charge on any atom is 0.0934 e. The number of aliphatic hydroxyl groups excluding tert-OH is 2. The minimum absolute atomic E-state index is 0.115. The molecule has 2 aliphatic heterocycles. The third kappa shape index (κ3) is 37.0. The van der Waals surface area contributed by atoms with Gasteiger partial charge in [-0.25, -0.2) is 0 Å². The lowest BCUT2D eigenvalue weighted by Crippen LogP contribution is -2.35. The molecule has 2 N–H and O–H groups in total. The first kappa shape index (κ1) is 52.7. The van der Waals surface area contributed by atoms with Crippen LogP contribution in [0.3, 0.4) is 0 Å². The van der Waals surface area contributed by atoms with Crippen molar-refractivity contribution in [3.63, 3.8) is 0 Å². The number of allylic oxidation sites excluding steroid dienone is 8. The molecule has 2 fully saturated rings. The van der Waals surface area contributed by atoms with Crippen LogP contribution in [0.4, 0.5) is 0 Å². The molecule has 0 radical (unpaired) electrons. The van der Waals surface area contributed by atoms with Crippen molar-refractivity contribution in [1.29, 1.82) is 0 Å². The van der Waals surface area contributed by atoms with Crippen LogP contribution in [0.15, 0.2) is 48.6 Å². The fraction of sp³-hybridized carbons (Fsp3) is 0.840. The molecule has 0 aliphatic carbocycles. The average molecular weight is 787 g/mol. The monoisotopic (exact) mass is 787 g/mol. The van der Waals surface area contributed by atoms with Crippen molar-refractivity contribution < 1.29 is 19.7 Å². The molecule has 2 saturated heterocycles. The van der Waals surface area contributed by atoms with Crippen LogP contribution in [0.25, 0.3) is 0 Å². The molecule has 2 unspecified atom stereocenters. The molecule has 0 bridgehead atoms. The van der Waals surface area contributed by atoms with Crippen molar-refractivity contribution in [3.05, 3.63) is 48.6 Å². The van der Waals surface area contributed by atoms with E-state index < -0.39 is 6.10 Å². The van der Waals surface area contributed by atoms with E-state index in [0.29, 0.717) is 6.54 Å². The predicted octanol–water partition coefficient (Wildman–Crippen LogP) is 12.5. The number of likely N-dealkylation sites (tertiary alicyclic amines) is 2. The van der Waals surface area contributed by atoms with Crippen molar-refractivity contribution in [2.24, 2.45) is 0 Å². The maximum atomic E-state index is 9.03. The fourth-order valence-corrected chi connectivity index (χ4v) is 7.48. The van der Waals surface area contributed by atoms with Crippen LogP contribution in [-0.4, -0.2) is 97.9 Å². The van der Waals surface area contributed by atoms with Gasteiger partial charge in [-0.1, -0.05) is 140 Å². The second kappa shape index (κ2) is 43.3. The van der Waals surface area contributed by atoms with Crippen LogP contribution in [0, 0.1) is 0 Å². The summed E-state index contributed by atoms with van der Waals surface area (Å²) < 4.78 is 12.5. The molecule has 0 aromatic rings. The van der Waals surface area contributed by atoms with Gasteiger partial charge in [-0.2, -0.15) is 0 Å². The summed E-state index contributed by atoms with van der Waals surface area (Å²) in [6, 6.07) is 0. The molecule has 2 rings (SSSR count). The van der Waals surface area contributed by atoms with E-state index in [2.05, 4.69) is 72.3 Å². The summed E-state index contributed by atoms with van der Waals surface area (Å²) in [5, 5.41) is 17.5. The molecule has 0 saturated carbocycles. The number of unbranched alkanes of at least 4 members (excludes halogenated alkanes) is 18. The van der Waals surface area contributed by atoms with Crippen molar-refractivity contribution >= 4 is 0 Å². The van der Waals surface area contributed by atoms with E-state index in [9.17, 15) is 0 Å². The number of rotatable bonds is 38. The lowest BCUT2D eigenvalue weighted by Gasteiger charge is -2.24. The van der Waals surface area contributed by atoms with Gasteiger partial charge in [0.15, 0.2) is 0 Å². The molecule has 6 heteroatoms. The van der Waals surface area contributed by atoms with Gasteiger partial charge in [0, 0.05) is 26.3 Å². The van der Waals surface area contributed by atoms with Gasteiger partial charge in [0.05, 0.1) is 25.4 Å². The molecule has 0 aromatic carbocycles. The van der Waals surface area contributed by atoms with Crippen molar-refractivity contribution in [1.82, 2.24) is 9.80 Å². The fourth-order valence-electron chi connectivity index (χ4n) is 7.48. The first-order valence-electron chi connectivity index (χ1n) is 24.2. The number of nitrogens with zero attached hydrogens (tertiary/aromatic N) is 2.